The van der Waals surface area contributed by atoms with E-state index in [0.29, 0.717) is 25.3 Å². The molecule has 4 rings (SSSR count). The summed E-state index contributed by atoms with van der Waals surface area (Å²) in [6.45, 7) is 5.36. The number of hydrogen-bond donors (Lipinski definition) is 2. The van der Waals surface area contributed by atoms with E-state index < -0.39 is 18.1 Å². The fourth-order valence-electron chi connectivity index (χ4n) is 4.75. The van der Waals surface area contributed by atoms with Crippen molar-refractivity contribution >= 4 is 17.8 Å². The molecule has 0 aliphatic carbocycles. The van der Waals surface area contributed by atoms with E-state index in [9.17, 15) is 18.8 Å². The average Bonchev–Trinajstić information content (AvgIpc) is 3.41. The van der Waals surface area contributed by atoms with Crippen molar-refractivity contribution in [2.75, 3.05) is 26.2 Å². The Morgan fingerprint density at radius 2 is 2.03 bits per heavy atom. The van der Waals surface area contributed by atoms with Gasteiger partial charge in [0.15, 0.2) is 0 Å². The molecule has 4 amide bonds. The zero-order valence-corrected chi connectivity index (χ0v) is 18.4. The summed E-state index contributed by atoms with van der Waals surface area (Å²) < 4.78 is 18.8. The minimum absolute atomic E-state index is 0.00274. The SMILES string of the molecule is CCN1NC(C)C2C1C(=O)N(Cc1ccc(F)cc1)C(=O)N2CC(=O)NCC1CCCO1. The van der Waals surface area contributed by atoms with Gasteiger partial charge < -0.3 is 15.0 Å². The quantitative estimate of drug-likeness (QED) is 0.644. The number of hydrogen-bond acceptors (Lipinski definition) is 6. The van der Waals surface area contributed by atoms with Crippen molar-refractivity contribution in [2.24, 2.45) is 0 Å². The second-order valence-electron chi connectivity index (χ2n) is 8.54. The van der Waals surface area contributed by atoms with Crippen LogP contribution in [0.25, 0.3) is 0 Å². The summed E-state index contributed by atoms with van der Waals surface area (Å²) in [5, 5.41) is 4.68. The van der Waals surface area contributed by atoms with E-state index >= 15 is 0 Å². The number of rotatable bonds is 7. The molecule has 3 aliphatic heterocycles. The van der Waals surface area contributed by atoms with Crippen LogP contribution in [0.1, 0.15) is 32.3 Å². The van der Waals surface area contributed by atoms with Crippen LogP contribution in [-0.4, -0.2) is 83.1 Å². The van der Waals surface area contributed by atoms with Gasteiger partial charge in [0.05, 0.1) is 18.7 Å². The molecule has 3 aliphatic rings. The third kappa shape index (κ3) is 4.48. The Bertz CT molecular complexity index is 860. The van der Waals surface area contributed by atoms with Crippen molar-refractivity contribution in [1.29, 1.82) is 0 Å². The number of amides is 4. The lowest BCUT2D eigenvalue weighted by Crippen LogP contribution is -2.67. The number of urea groups is 1. The first-order chi connectivity index (χ1) is 15.4. The van der Waals surface area contributed by atoms with Gasteiger partial charge in [-0.05, 0) is 37.5 Å². The first kappa shape index (κ1) is 22.6. The molecule has 3 saturated heterocycles. The van der Waals surface area contributed by atoms with Crippen molar-refractivity contribution < 1.29 is 23.5 Å². The number of nitrogens with zero attached hydrogens (tertiary/aromatic N) is 3. The van der Waals surface area contributed by atoms with Crippen molar-refractivity contribution in [1.82, 2.24) is 25.6 Å². The summed E-state index contributed by atoms with van der Waals surface area (Å²) in [5.41, 5.74) is 3.89. The summed E-state index contributed by atoms with van der Waals surface area (Å²) in [6, 6.07) is 3.93. The Morgan fingerprint density at radius 1 is 1.28 bits per heavy atom. The van der Waals surface area contributed by atoms with E-state index in [2.05, 4.69) is 10.7 Å². The van der Waals surface area contributed by atoms with Crippen LogP contribution < -0.4 is 10.7 Å². The maximum absolute atomic E-state index is 13.4. The zero-order chi connectivity index (χ0) is 22.8. The van der Waals surface area contributed by atoms with Crippen molar-refractivity contribution in [2.45, 2.75) is 57.5 Å². The maximum Gasteiger partial charge on any atom is 0.327 e. The number of likely N-dealkylation sites (N-methyl/N-ethyl adjacent to an activating group) is 1. The molecular formula is C22H30FN5O4. The van der Waals surface area contributed by atoms with Gasteiger partial charge in [-0.15, -0.1) is 0 Å². The van der Waals surface area contributed by atoms with Crippen LogP contribution in [-0.2, 0) is 20.9 Å². The Morgan fingerprint density at radius 3 is 2.69 bits per heavy atom. The molecule has 3 fully saturated rings. The average molecular weight is 448 g/mol. The van der Waals surface area contributed by atoms with Gasteiger partial charge in [-0.3, -0.25) is 14.5 Å². The molecule has 1 aromatic carbocycles. The minimum atomic E-state index is -0.598. The molecular weight excluding hydrogens is 417 g/mol. The van der Waals surface area contributed by atoms with E-state index in [1.165, 1.54) is 17.0 Å². The highest BCUT2D eigenvalue weighted by molar-refractivity contribution is 6.02. The van der Waals surface area contributed by atoms with Gasteiger partial charge in [-0.25, -0.2) is 19.6 Å². The summed E-state index contributed by atoms with van der Waals surface area (Å²) in [4.78, 5) is 42.1. The second kappa shape index (κ2) is 9.51. The van der Waals surface area contributed by atoms with Crippen molar-refractivity contribution in [3.63, 3.8) is 0 Å². The monoisotopic (exact) mass is 447 g/mol. The van der Waals surface area contributed by atoms with Gasteiger partial charge in [0, 0.05) is 25.7 Å². The molecule has 9 nitrogen and oxygen atoms in total. The number of imide groups is 1. The van der Waals surface area contributed by atoms with Gasteiger partial charge in [0.1, 0.15) is 18.4 Å². The number of nitrogens with one attached hydrogen (secondary N) is 2. The first-order valence-corrected chi connectivity index (χ1v) is 11.2. The van der Waals surface area contributed by atoms with Crippen LogP contribution in [0.5, 0.6) is 0 Å². The molecule has 32 heavy (non-hydrogen) atoms. The van der Waals surface area contributed by atoms with Gasteiger partial charge >= 0.3 is 6.03 Å². The lowest BCUT2D eigenvalue weighted by atomic mass is 9.97. The van der Waals surface area contributed by atoms with Crippen LogP contribution in [0.15, 0.2) is 24.3 Å². The fraction of sp³-hybridized carbons (Fsp3) is 0.591. The molecule has 0 spiro atoms. The number of hydrazine groups is 1. The van der Waals surface area contributed by atoms with E-state index in [0.717, 1.165) is 17.7 Å². The van der Waals surface area contributed by atoms with Crippen LogP contribution in [0.4, 0.5) is 9.18 Å². The molecule has 0 radical (unpaired) electrons. The normalized spacial score (nSPS) is 28.3. The van der Waals surface area contributed by atoms with E-state index in [4.69, 9.17) is 4.74 Å². The zero-order valence-electron chi connectivity index (χ0n) is 18.4. The number of ether oxygens (including phenoxy) is 1. The Labute approximate surface area is 186 Å². The number of fused-ring (bicyclic) bond motifs is 1. The van der Waals surface area contributed by atoms with E-state index in [1.807, 2.05) is 18.9 Å². The van der Waals surface area contributed by atoms with Gasteiger partial charge in [0.25, 0.3) is 5.91 Å². The summed E-state index contributed by atoms with van der Waals surface area (Å²) in [6.07, 6.45) is 1.88. The first-order valence-electron chi connectivity index (χ1n) is 11.2. The standard InChI is InChI=1S/C22H30FN5O4/c1-3-28-20-19(14(2)25-28)26(13-18(29)24-11-17-5-4-10-32-17)22(31)27(21(20)30)12-15-6-8-16(23)9-7-15/h6-9,14,17,19-20,25H,3-5,10-13H2,1-2H3,(H,24,29). The molecule has 0 saturated carbocycles. The van der Waals surface area contributed by atoms with E-state index in [-0.39, 0.29) is 42.9 Å². The van der Waals surface area contributed by atoms with Crippen LogP contribution >= 0.6 is 0 Å². The van der Waals surface area contributed by atoms with Crippen molar-refractivity contribution in [3.05, 3.63) is 35.6 Å². The molecule has 174 valence electrons. The Kier molecular flexibility index (Phi) is 6.73. The molecule has 0 aromatic heterocycles. The Hall–Kier alpha value is -2.56. The fourth-order valence-corrected chi connectivity index (χ4v) is 4.75. The van der Waals surface area contributed by atoms with E-state index in [1.54, 1.807) is 12.1 Å². The van der Waals surface area contributed by atoms with Gasteiger partial charge in [-0.1, -0.05) is 19.1 Å². The van der Waals surface area contributed by atoms with Crippen LogP contribution in [0.2, 0.25) is 0 Å². The largest absolute Gasteiger partial charge is 0.376 e. The molecule has 0 bridgehead atoms. The highest BCUT2D eigenvalue weighted by Crippen LogP contribution is 2.29. The molecule has 1 aromatic rings. The lowest BCUT2D eigenvalue weighted by Gasteiger charge is -2.43. The van der Waals surface area contributed by atoms with Crippen molar-refractivity contribution in [3.8, 4) is 0 Å². The summed E-state index contributed by atoms with van der Waals surface area (Å²) in [7, 11) is 0. The van der Waals surface area contributed by atoms with Crippen LogP contribution in [0, 0.1) is 5.82 Å². The third-order valence-electron chi connectivity index (χ3n) is 6.36. The molecule has 4 atom stereocenters. The second-order valence-corrected chi connectivity index (χ2v) is 8.54. The minimum Gasteiger partial charge on any atom is -0.376 e. The summed E-state index contributed by atoms with van der Waals surface area (Å²) in [5.74, 6) is -0.995. The number of carbonyl (C=O) groups is 3. The number of carbonyl (C=O) groups excluding carboxylic acids is 3. The topological polar surface area (TPSA) is 94.2 Å². The maximum atomic E-state index is 13.4. The summed E-state index contributed by atoms with van der Waals surface area (Å²) >= 11 is 0. The van der Waals surface area contributed by atoms with Crippen LogP contribution in [0.3, 0.4) is 0 Å². The molecule has 4 unspecified atom stereocenters. The number of benzene rings is 1. The molecule has 2 N–H and O–H groups in total. The Balaban J connectivity index is 1.53. The molecule has 3 heterocycles. The highest BCUT2D eigenvalue weighted by atomic mass is 19.1. The lowest BCUT2D eigenvalue weighted by molar-refractivity contribution is -0.140. The highest BCUT2D eigenvalue weighted by Gasteiger charge is 2.54. The predicted molar refractivity (Wildman–Crippen MR) is 114 cm³/mol. The smallest absolute Gasteiger partial charge is 0.327 e. The van der Waals surface area contributed by atoms with Gasteiger partial charge in [0.2, 0.25) is 5.91 Å². The number of halogens is 1. The predicted octanol–water partition coefficient (Wildman–Crippen LogP) is 0.851. The third-order valence-corrected chi connectivity index (χ3v) is 6.36. The van der Waals surface area contributed by atoms with Gasteiger partial charge in [-0.2, -0.15) is 0 Å². The molecule has 10 heteroatoms.